The molecule has 0 bridgehead atoms. The van der Waals surface area contributed by atoms with Crippen LogP contribution in [0.25, 0.3) is 0 Å². The van der Waals surface area contributed by atoms with E-state index >= 15 is 0 Å². The topological polar surface area (TPSA) is 24.8 Å². The van der Waals surface area contributed by atoms with E-state index in [1.165, 1.54) is 12.1 Å². The zero-order chi connectivity index (χ0) is 18.4. The molecule has 3 aromatic rings. The average molecular weight is 423 g/mol. The second kappa shape index (κ2) is 6.50. The van der Waals surface area contributed by atoms with Crippen molar-refractivity contribution < 1.29 is 9.13 Å². The number of rotatable bonds is 2. The van der Waals surface area contributed by atoms with Crippen molar-refractivity contribution in [2.75, 3.05) is 0 Å². The van der Waals surface area contributed by atoms with Gasteiger partial charge in [0.2, 0.25) is 6.23 Å². The van der Waals surface area contributed by atoms with Crippen LogP contribution >= 0.6 is 15.9 Å². The van der Waals surface area contributed by atoms with Crippen molar-refractivity contribution in [3.05, 3.63) is 99.8 Å². The molecule has 134 valence electrons. The molecule has 5 rings (SSSR count). The number of nitrogens with zero attached hydrogens (tertiary/aromatic N) is 2. The molecular weight excluding hydrogens is 407 g/mol. The van der Waals surface area contributed by atoms with Gasteiger partial charge >= 0.3 is 0 Å². The van der Waals surface area contributed by atoms with Crippen LogP contribution in [-0.2, 0) is 0 Å². The molecule has 2 atom stereocenters. The smallest absolute Gasteiger partial charge is 0.213 e. The zero-order valence-corrected chi connectivity index (χ0v) is 15.9. The third-order valence-electron chi connectivity index (χ3n) is 5.03. The van der Waals surface area contributed by atoms with Crippen LogP contribution in [0.5, 0.6) is 5.75 Å². The van der Waals surface area contributed by atoms with E-state index in [9.17, 15) is 4.39 Å². The van der Waals surface area contributed by atoms with Crippen molar-refractivity contribution in [2.45, 2.75) is 18.7 Å². The Morgan fingerprint density at radius 1 is 0.963 bits per heavy atom. The molecule has 0 spiro atoms. The first-order valence-corrected chi connectivity index (χ1v) is 9.61. The summed E-state index contributed by atoms with van der Waals surface area (Å²) >= 11 is 3.48. The van der Waals surface area contributed by atoms with Gasteiger partial charge in [0.05, 0.1) is 11.8 Å². The van der Waals surface area contributed by atoms with Crippen molar-refractivity contribution >= 4 is 21.6 Å². The highest BCUT2D eigenvalue weighted by atomic mass is 79.9. The fourth-order valence-electron chi connectivity index (χ4n) is 3.70. The lowest BCUT2D eigenvalue weighted by atomic mass is 9.96. The Hall–Kier alpha value is -2.66. The molecule has 0 fully saturated rings. The number of hydrazone groups is 1. The van der Waals surface area contributed by atoms with Crippen LogP contribution in [0.4, 0.5) is 4.39 Å². The Kier molecular flexibility index (Phi) is 3.97. The summed E-state index contributed by atoms with van der Waals surface area (Å²) < 4.78 is 20.7. The van der Waals surface area contributed by atoms with Crippen LogP contribution in [0.2, 0.25) is 0 Å². The molecule has 0 radical (unpaired) electrons. The Morgan fingerprint density at radius 3 is 2.48 bits per heavy atom. The van der Waals surface area contributed by atoms with Crippen LogP contribution in [0.15, 0.2) is 82.4 Å². The quantitative estimate of drug-likeness (QED) is 0.518. The molecule has 0 N–H and O–H groups in total. The summed E-state index contributed by atoms with van der Waals surface area (Å²) in [7, 11) is 0. The largest absolute Gasteiger partial charge is 0.464 e. The lowest BCUT2D eigenvalue weighted by molar-refractivity contribution is -0.0190. The molecule has 2 aliphatic rings. The molecule has 2 aliphatic heterocycles. The summed E-state index contributed by atoms with van der Waals surface area (Å²) in [4.78, 5) is 0. The number of hydrogen-bond donors (Lipinski definition) is 0. The molecule has 0 saturated carbocycles. The number of para-hydroxylation sites is 1. The minimum absolute atomic E-state index is 0.101. The van der Waals surface area contributed by atoms with Gasteiger partial charge in [0.15, 0.2) is 0 Å². The van der Waals surface area contributed by atoms with Crippen molar-refractivity contribution in [2.24, 2.45) is 5.10 Å². The van der Waals surface area contributed by atoms with Gasteiger partial charge in [-0.25, -0.2) is 9.40 Å². The third-order valence-corrected chi connectivity index (χ3v) is 5.56. The van der Waals surface area contributed by atoms with Crippen molar-refractivity contribution in [3.63, 3.8) is 0 Å². The second-order valence-corrected chi connectivity index (χ2v) is 7.63. The summed E-state index contributed by atoms with van der Waals surface area (Å²) in [5.74, 6) is 0.604. The maximum Gasteiger partial charge on any atom is 0.213 e. The molecule has 3 nitrogen and oxygen atoms in total. The van der Waals surface area contributed by atoms with E-state index in [2.05, 4.69) is 34.1 Å². The van der Waals surface area contributed by atoms with E-state index in [0.717, 1.165) is 39.0 Å². The maximum atomic E-state index is 13.4. The molecule has 3 aromatic carbocycles. The predicted molar refractivity (Wildman–Crippen MR) is 106 cm³/mol. The molecule has 0 aromatic heterocycles. The molecular formula is C22H16BrFN2O. The zero-order valence-electron chi connectivity index (χ0n) is 14.3. The van der Waals surface area contributed by atoms with Gasteiger partial charge in [-0.1, -0.05) is 58.4 Å². The molecule has 2 heterocycles. The van der Waals surface area contributed by atoms with E-state index in [1.807, 2.05) is 35.3 Å². The van der Waals surface area contributed by atoms with E-state index in [1.54, 1.807) is 12.1 Å². The minimum atomic E-state index is -0.376. The van der Waals surface area contributed by atoms with Gasteiger partial charge in [-0.3, -0.25) is 0 Å². The summed E-state index contributed by atoms with van der Waals surface area (Å²) in [5.41, 5.74) is 4.14. The first-order valence-electron chi connectivity index (χ1n) is 8.82. The van der Waals surface area contributed by atoms with Crippen molar-refractivity contribution in [3.8, 4) is 5.75 Å². The summed E-state index contributed by atoms with van der Waals surface area (Å²) in [6.45, 7) is 0. The fourth-order valence-corrected chi connectivity index (χ4v) is 3.96. The highest BCUT2D eigenvalue weighted by molar-refractivity contribution is 9.10. The Bertz CT molecular complexity index is 1020. The lowest BCUT2D eigenvalue weighted by Crippen LogP contribution is -2.33. The second-order valence-electron chi connectivity index (χ2n) is 6.71. The summed E-state index contributed by atoms with van der Waals surface area (Å²) in [6, 6.07) is 22.8. The van der Waals surface area contributed by atoms with Gasteiger partial charge < -0.3 is 4.74 Å². The molecule has 0 saturated heterocycles. The first kappa shape index (κ1) is 16.5. The molecule has 0 amide bonds. The average Bonchev–Trinajstić information content (AvgIpc) is 3.14. The monoisotopic (exact) mass is 422 g/mol. The van der Waals surface area contributed by atoms with Gasteiger partial charge in [-0.2, -0.15) is 5.10 Å². The number of ether oxygens (including phenoxy) is 1. The van der Waals surface area contributed by atoms with Gasteiger partial charge in [0, 0.05) is 22.0 Å². The van der Waals surface area contributed by atoms with Gasteiger partial charge in [0.25, 0.3) is 0 Å². The highest BCUT2D eigenvalue weighted by Crippen LogP contribution is 2.47. The Morgan fingerprint density at radius 2 is 1.70 bits per heavy atom. The third kappa shape index (κ3) is 2.92. The first-order chi connectivity index (χ1) is 13.2. The van der Waals surface area contributed by atoms with Gasteiger partial charge in [-0.15, -0.1) is 0 Å². The van der Waals surface area contributed by atoms with Gasteiger partial charge in [-0.05, 0) is 35.9 Å². The van der Waals surface area contributed by atoms with Crippen LogP contribution in [0.1, 0.15) is 35.4 Å². The molecule has 27 heavy (non-hydrogen) atoms. The summed E-state index contributed by atoms with van der Waals surface area (Å²) in [5, 5.41) is 6.91. The standard InChI is InChI=1S/C22H16BrFN2O/c23-16-9-5-14(6-10-16)19-13-20-18-3-1-2-4-21(18)27-22(26(20)25-19)15-7-11-17(24)12-8-15/h1-12,20,22H,13H2. The van der Waals surface area contributed by atoms with E-state index in [-0.39, 0.29) is 18.1 Å². The lowest BCUT2D eigenvalue weighted by Gasteiger charge is -2.38. The number of halogens is 2. The van der Waals surface area contributed by atoms with Crippen LogP contribution in [0.3, 0.4) is 0 Å². The maximum absolute atomic E-state index is 13.4. The molecule has 2 unspecified atom stereocenters. The predicted octanol–water partition coefficient (Wildman–Crippen LogP) is 5.83. The molecule has 0 aliphatic carbocycles. The van der Waals surface area contributed by atoms with Crippen LogP contribution < -0.4 is 4.74 Å². The highest BCUT2D eigenvalue weighted by Gasteiger charge is 2.40. The minimum Gasteiger partial charge on any atom is -0.464 e. The SMILES string of the molecule is Fc1ccc(C2Oc3ccccc3C3CC(c4ccc(Br)cc4)=NN32)cc1. The van der Waals surface area contributed by atoms with Crippen LogP contribution in [-0.4, -0.2) is 10.7 Å². The fraction of sp³-hybridized carbons (Fsp3) is 0.136. The number of fused-ring (bicyclic) bond motifs is 3. The summed E-state index contributed by atoms with van der Waals surface area (Å²) in [6.07, 6.45) is 0.429. The van der Waals surface area contributed by atoms with E-state index in [4.69, 9.17) is 9.84 Å². The van der Waals surface area contributed by atoms with E-state index in [0.29, 0.717) is 0 Å². The van der Waals surface area contributed by atoms with Crippen LogP contribution in [0, 0.1) is 5.82 Å². The normalized spacial score (nSPS) is 20.5. The van der Waals surface area contributed by atoms with E-state index < -0.39 is 0 Å². The Labute approximate surface area is 165 Å². The number of benzene rings is 3. The van der Waals surface area contributed by atoms with Gasteiger partial charge in [0.1, 0.15) is 11.6 Å². The number of hydrogen-bond acceptors (Lipinski definition) is 3. The Balaban J connectivity index is 1.58. The van der Waals surface area contributed by atoms with Crippen molar-refractivity contribution in [1.82, 2.24) is 5.01 Å². The van der Waals surface area contributed by atoms with Crippen molar-refractivity contribution in [1.29, 1.82) is 0 Å². The molecule has 5 heteroatoms.